The van der Waals surface area contributed by atoms with E-state index in [0.717, 1.165) is 17.8 Å². The maximum Gasteiger partial charge on any atom is 0.416 e. The third kappa shape index (κ3) is 5.42. The van der Waals surface area contributed by atoms with E-state index in [-0.39, 0.29) is 23.6 Å². The van der Waals surface area contributed by atoms with Gasteiger partial charge in [0, 0.05) is 34.9 Å². The van der Waals surface area contributed by atoms with Crippen LogP contribution in [-0.2, 0) is 27.1 Å². The highest BCUT2D eigenvalue weighted by molar-refractivity contribution is 6.04. The molecule has 6 nitrogen and oxygen atoms in total. The SMILES string of the molecule is COC(=O)C1=C(C)NC2=C(C(=O)CC(C)(C)C2)[C@@H]1c1ccc(OC)c(COc2cccc(C(F)(F)F)c2)c1. The molecule has 1 aliphatic heterocycles. The first-order valence-corrected chi connectivity index (χ1v) is 12.1. The Labute approximate surface area is 219 Å². The molecule has 0 amide bonds. The average Bonchev–Trinajstić information content (AvgIpc) is 2.85. The van der Waals surface area contributed by atoms with Crippen molar-refractivity contribution < 1.29 is 37.0 Å². The minimum atomic E-state index is -4.49. The molecular weight excluding hydrogens is 499 g/mol. The molecule has 0 saturated heterocycles. The number of carbonyl (C=O) groups is 2. The Morgan fingerprint density at radius 2 is 1.84 bits per heavy atom. The number of halogens is 3. The molecule has 4 rings (SSSR count). The Bertz CT molecular complexity index is 1340. The fraction of sp³-hybridized carbons (Fsp3) is 0.379. The number of hydrogen-bond acceptors (Lipinski definition) is 6. The molecule has 0 unspecified atom stereocenters. The molecular formula is C29H30F3NO5. The Morgan fingerprint density at radius 1 is 1.11 bits per heavy atom. The normalized spacial score (nSPS) is 19.1. The summed E-state index contributed by atoms with van der Waals surface area (Å²) in [7, 11) is 2.77. The van der Waals surface area contributed by atoms with Crippen molar-refractivity contribution in [1.82, 2.24) is 5.32 Å². The van der Waals surface area contributed by atoms with Crippen LogP contribution in [0.15, 0.2) is 65.0 Å². The van der Waals surface area contributed by atoms with Crippen molar-refractivity contribution in [3.05, 3.63) is 81.7 Å². The largest absolute Gasteiger partial charge is 0.496 e. The van der Waals surface area contributed by atoms with E-state index in [1.54, 1.807) is 25.1 Å². The number of ether oxygens (including phenoxy) is 3. The Morgan fingerprint density at radius 3 is 2.50 bits per heavy atom. The number of benzene rings is 2. The van der Waals surface area contributed by atoms with E-state index in [1.807, 2.05) is 13.8 Å². The van der Waals surface area contributed by atoms with E-state index in [0.29, 0.717) is 46.6 Å². The van der Waals surface area contributed by atoms with Gasteiger partial charge in [0.15, 0.2) is 5.78 Å². The number of ketones is 1. The predicted molar refractivity (Wildman–Crippen MR) is 134 cm³/mol. The van der Waals surface area contributed by atoms with E-state index in [9.17, 15) is 22.8 Å². The fourth-order valence-corrected chi connectivity index (χ4v) is 5.16. The van der Waals surface area contributed by atoms with Gasteiger partial charge in [-0.15, -0.1) is 0 Å². The van der Waals surface area contributed by atoms with E-state index in [4.69, 9.17) is 14.2 Å². The Kier molecular flexibility index (Phi) is 7.32. The highest BCUT2D eigenvalue weighted by Gasteiger charge is 2.43. The molecule has 38 heavy (non-hydrogen) atoms. The predicted octanol–water partition coefficient (Wildman–Crippen LogP) is 6.07. The van der Waals surface area contributed by atoms with Gasteiger partial charge in [0.2, 0.25) is 0 Å². The lowest BCUT2D eigenvalue weighted by Gasteiger charge is -2.39. The van der Waals surface area contributed by atoms with Gasteiger partial charge in [0.05, 0.1) is 25.4 Å². The molecule has 2 aromatic carbocycles. The molecule has 9 heteroatoms. The molecule has 2 aromatic rings. The number of methoxy groups -OCH3 is 2. The summed E-state index contributed by atoms with van der Waals surface area (Å²) in [4.78, 5) is 26.3. The summed E-state index contributed by atoms with van der Waals surface area (Å²) < 4.78 is 55.7. The summed E-state index contributed by atoms with van der Waals surface area (Å²) in [6.45, 7) is 5.73. The standard InChI is InChI=1S/C29H30F3NO5/c1-16-24(27(35)37-5)25(26-21(33-16)13-28(2,3)14-22(26)34)17-9-10-23(36-4)18(11-17)15-38-20-8-6-7-19(12-20)29(30,31)32/h6-12,25,33H,13-15H2,1-5H3/t25-/m1/s1. The second-order valence-electron chi connectivity index (χ2n) is 10.3. The third-order valence-electron chi connectivity index (χ3n) is 6.84. The Hall–Kier alpha value is -3.75. The van der Waals surface area contributed by atoms with Crippen LogP contribution in [0, 0.1) is 5.41 Å². The van der Waals surface area contributed by atoms with Gasteiger partial charge < -0.3 is 19.5 Å². The molecule has 0 spiro atoms. The van der Waals surface area contributed by atoms with Crippen molar-refractivity contribution in [2.75, 3.05) is 14.2 Å². The maximum absolute atomic E-state index is 13.4. The Balaban J connectivity index is 1.76. The highest BCUT2D eigenvalue weighted by atomic mass is 19.4. The molecule has 1 atom stereocenters. The van der Waals surface area contributed by atoms with Gasteiger partial charge in [-0.25, -0.2) is 4.79 Å². The summed E-state index contributed by atoms with van der Waals surface area (Å²) in [6.07, 6.45) is -3.52. The lowest BCUT2D eigenvalue weighted by Crippen LogP contribution is -2.38. The zero-order chi connectivity index (χ0) is 27.8. The number of dihydropyridines is 1. The van der Waals surface area contributed by atoms with Gasteiger partial charge in [0.1, 0.15) is 18.1 Å². The second-order valence-corrected chi connectivity index (χ2v) is 10.3. The first-order valence-electron chi connectivity index (χ1n) is 12.1. The number of Topliss-reactive ketones (excluding diaryl/α,β-unsaturated/α-hetero) is 1. The van der Waals surface area contributed by atoms with E-state index in [1.165, 1.54) is 26.4 Å². The van der Waals surface area contributed by atoms with Gasteiger partial charge in [-0.1, -0.05) is 26.0 Å². The second kappa shape index (κ2) is 10.2. The number of alkyl halides is 3. The van der Waals surface area contributed by atoms with Crippen molar-refractivity contribution in [3.8, 4) is 11.5 Å². The molecule has 0 bridgehead atoms. The topological polar surface area (TPSA) is 73.9 Å². The van der Waals surface area contributed by atoms with Crippen molar-refractivity contribution in [3.63, 3.8) is 0 Å². The van der Waals surface area contributed by atoms with Gasteiger partial charge in [0.25, 0.3) is 0 Å². The van der Waals surface area contributed by atoms with Gasteiger partial charge in [-0.2, -0.15) is 13.2 Å². The van der Waals surface area contributed by atoms with Crippen molar-refractivity contribution in [1.29, 1.82) is 0 Å². The number of carbonyl (C=O) groups excluding carboxylic acids is 2. The van der Waals surface area contributed by atoms with Crippen LogP contribution >= 0.6 is 0 Å². The van der Waals surface area contributed by atoms with Crippen LogP contribution in [0.1, 0.15) is 56.2 Å². The van der Waals surface area contributed by atoms with Crippen LogP contribution < -0.4 is 14.8 Å². The van der Waals surface area contributed by atoms with Crippen LogP contribution in [0.25, 0.3) is 0 Å². The fourth-order valence-electron chi connectivity index (χ4n) is 5.16. The number of hydrogen-bond donors (Lipinski definition) is 1. The van der Waals surface area contributed by atoms with E-state index < -0.39 is 23.6 Å². The first-order chi connectivity index (χ1) is 17.8. The number of allylic oxidation sites excluding steroid dienone is 3. The summed E-state index contributed by atoms with van der Waals surface area (Å²) in [5.74, 6) is -0.780. The summed E-state index contributed by atoms with van der Waals surface area (Å²) in [5.41, 5.74) is 2.37. The minimum absolute atomic E-state index is 0.0508. The lowest BCUT2D eigenvalue weighted by molar-refractivity contribution is -0.138. The van der Waals surface area contributed by atoms with E-state index in [2.05, 4.69) is 5.32 Å². The molecule has 0 saturated carbocycles. The van der Waals surface area contributed by atoms with Gasteiger partial charge in [-0.05, 0) is 54.7 Å². The molecule has 1 N–H and O–H groups in total. The molecule has 202 valence electrons. The zero-order valence-electron chi connectivity index (χ0n) is 21.9. The quantitative estimate of drug-likeness (QED) is 0.458. The smallest absolute Gasteiger partial charge is 0.416 e. The van der Waals surface area contributed by atoms with Crippen molar-refractivity contribution in [2.24, 2.45) is 5.41 Å². The number of nitrogens with one attached hydrogen (secondary N) is 1. The molecule has 1 aliphatic carbocycles. The van der Waals surface area contributed by atoms with Crippen LogP contribution in [0.5, 0.6) is 11.5 Å². The molecule has 1 heterocycles. The first kappa shape index (κ1) is 27.3. The summed E-state index contributed by atoms with van der Waals surface area (Å²) in [6, 6.07) is 9.86. The number of esters is 1. The molecule has 0 aromatic heterocycles. The van der Waals surface area contributed by atoms with E-state index >= 15 is 0 Å². The maximum atomic E-state index is 13.4. The van der Waals surface area contributed by atoms with Crippen molar-refractivity contribution in [2.45, 2.75) is 52.3 Å². The van der Waals surface area contributed by atoms with Crippen LogP contribution in [0.4, 0.5) is 13.2 Å². The minimum Gasteiger partial charge on any atom is -0.496 e. The molecule has 0 radical (unpaired) electrons. The zero-order valence-corrected chi connectivity index (χ0v) is 21.9. The van der Waals surface area contributed by atoms with Crippen molar-refractivity contribution >= 4 is 11.8 Å². The monoisotopic (exact) mass is 529 g/mol. The summed E-state index contributed by atoms with van der Waals surface area (Å²) >= 11 is 0. The number of rotatable bonds is 6. The van der Waals surface area contributed by atoms with Crippen LogP contribution in [0.2, 0.25) is 0 Å². The van der Waals surface area contributed by atoms with Crippen LogP contribution in [0.3, 0.4) is 0 Å². The van der Waals surface area contributed by atoms with Gasteiger partial charge in [-0.3, -0.25) is 4.79 Å². The average molecular weight is 530 g/mol. The molecule has 0 fully saturated rings. The highest BCUT2D eigenvalue weighted by Crippen LogP contribution is 2.47. The lowest BCUT2D eigenvalue weighted by atomic mass is 9.68. The van der Waals surface area contributed by atoms with Crippen LogP contribution in [-0.4, -0.2) is 26.0 Å². The molecule has 2 aliphatic rings. The summed E-state index contributed by atoms with van der Waals surface area (Å²) in [5, 5.41) is 3.27. The third-order valence-corrected chi connectivity index (χ3v) is 6.84. The van der Waals surface area contributed by atoms with Gasteiger partial charge >= 0.3 is 12.1 Å².